The standard InChI is InChI=1S/C27H25N3O6S/c1-14-10-17(26(33)34)6-8-21(14)29-15(2)11-18(16(29)3)12-20-24(31)28-27(37)30(25(20)32)22-9-7-19(35-4)13-23(22)36-5/h6-13H,1-5H3,(H,33,34)(H,28,31,37)/b20-12-. The van der Waals surface area contributed by atoms with Gasteiger partial charge in [0.05, 0.1) is 25.5 Å². The van der Waals surface area contributed by atoms with Crippen LogP contribution < -0.4 is 19.7 Å². The molecule has 1 aliphatic heterocycles. The Hall–Kier alpha value is -4.44. The van der Waals surface area contributed by atoms with Crippen LogP contribution in [-0.2, 0) is 9.59 Å². The van der Waals surface area contributed by atoms with Crippen molar-refractivity contribution < 1.29 is 29.0 Å². The molecule has 4 rings (SSSR count). The maximum Gasteiger partial charge on any atom is 0.335 e. The summed E-state index contributed by atoms with van der Waals surface area (Å²) in [5.74, 6) is -1.31. The van der Waals surface area contributed by atoms with E-state index in [0.29, 0.717) is 22.7 Å². The van der Waals surface area contributed by atoms with Crippen molar-refractivity contribution in [3.05, 3.63) is 76.1 Å². The van der Waals surface area contributed by atoms with Crippen molar-refractivity contribution in [2.75, 3.05) is 19.1 Å². The molecule has 2 N–H and O–H groups in total. The number of aryl methyl sites for hydroxylation is 2. The van der Waals surface area contributed by atoms with Gasteiger partial charge in [-0.2, -0.15) is 0 Å². The van der Waals surface area contributed by atoms with E-state index >= 15 is 0 Å². The Morgan fingerprint density at radius 3 is 2.32 bits per heavy atom. The lowest BCUT2D eigenvalue weighted by molar-refractivity contribution is -0.122. The van der Waals surface area contributed by atoms with Gasteiger partial charge in [-0.3, -0.25) is 14.9 Å². The predicted molar refractivity (Wildman–Crippen MR) is 143 cm³/mol. The lowest BCUT2D eigenvalue weighted by Gasteiger charge is -2.30. The normalized spacial score (nSPS) is 14.7. The highest BCUT2D eigenvalue weighted by molar-refractivity contribution is 7.80. The summed E-state index contributed by atoms with van der Waals surface area (Å²) in [6.45, 7) is 5.59. The van der Waals surface area contributed by atoms with Gasteiger partial charge in [0.15, 0.2) is 5.11 Å². The van der Waals surface area contributed by atoms with Gasteiger partial charge in [-0.05, 0) is 86.6 Å². The second kappa shape index (κ2) is 9.90. The number of methoxy groups -OCH3 is 2. The number of hydrogen-bond donors (Lipinski definition) is 2. The number of ether oxygens (including phenoxy) is 2. The molecule has 0 bridgehead atoms. The highest BCUT2D eigenvalue weighted by Crippen LogP contribution is 2.35. The lowest BCUT2D eigenvalue weighted by Crippen LogP contribution is -2.54. The van der Waals surface area contributed by atoms with E-state index in [2.05, 4.69) is 5.32 Å². The van der Waals surface area contributed by atoms with E-state index in [0.717, 1.165) is 22.6 Å². The van der Waals surface area contributed by atoms with Crippen LogP contribution in [0.5, 0.6) is 11.5 Å². The molecule has 9 nitrogen and oxygen atoms in total. The van der Waals surface area contributed by atoms with Gasteiger partial charge in [-0.25, -0.2) is 9.69 Å². The van der Waals surface area contributed by atoms with E-state index < -0.39 is 17.8 Å². The first kappa shape index (κ1) is 25.6. The van der Waals surface area contributed by atoms with Crippen molar-refractivity contribution in [3.63, 3.8) is 0 Å². The molecule has 1 aliphatic rings. The molecule has 0 aliphatic carbocycles. The maximum atomic E-state index is 13.6. The Kier molecular flexibility index (Phi) is 6.86. The zero-order valence-corrected chi connectivity index (χ0v) is 21.7. The van der Waals surface area contributed by atoms with Crippen LogP contribution in [-0.4, -0.2) is 46.8 Å². The van der Waals surface area contributed by atoms with E-state index in [1.807, 2.05) is 31.4 Å². The molecule has 3 aromatic rings. The quantitative estimate of drug-likeness (QED) is 0.288. The van der Waals surface area contributed by atoms with Crippen molar-refractivity contribution in [2.24, 2.45) is 0 Å². The Morgan fingerprint density at radius 2 is 1.70 bits per heavy atom. The number of anilines is 1. The Bertz CT molecular complexity index is 1500. The summed E-state index contributed by atoms with van der Waals surface area (Å²) >= 11 is 5.32. The SMILES string of the molecule is COc1ccc(N2C(=O)/C(=C\c3cc(C)n(-c4ccc(C(=O)O)cc4C)c3C)C(=O)NC2=S)c(OC)c1. The minimum absolute atomic E-state index is 0.0600. The third-order valence-corrected chi connectivity index (χ3v) is 6.47. The highest BCUT2D eigenvalue weighted by atomic mass is 32.1. The number of nitrogens with one attached hydrogen (secondary N) is 1. The van der Waals surface area contributed by atoms with E-state index in [1.54, 1.807) is 36.4 Å². The number of benzene rings is 2. The van der Waals surface area contributed by atoms with Crippen LogP contribution in [0.2, 0.25) is 0 Å². The second-order valence-corrected chi connectivity index (χ2v) is 8.85. The molecule has 190 valence electrons. The fourth-order valence-electron chi connectivity index (χ4n) is 4.35. The Balaban J connectivity index is 1.77. The van der Waals surface area contributed by atoms with Crippen molar-refractivity contribution in [2.45, 2.75) is 20.8 Å². The van der Waals surface area contributed by atoms with Crippen LogP contribution >= 0.6 is 12.2 Å². The Labute approximate surface area is 218 Å². The number of carboxylic acid groups (broad SMARTS) is 1. The lowest BCUT2D eigenvalue weighted by atomic mass is 10.1. The summed E-state index contributed by atoms with van der Waals surface area (Å²) in [7, 11) is 2.98. The topological polar surface area (TPSA) is 110 Å². The fraction of sp³-hybridized carbons (Fsp3) is 0.185. The Morgan fingerprint density at radius 1 is 1.00 bits per heavy atom. The largest absolute Gasteiger partial charge is 0.497 e. The second-order valence-electron chi connectivity index (χ2n) is 8.46. The van der Waals surface area contributed by atoms with Gasteiger partial charge in [-0.1, -0.05) is 0 Å². The zero-order valence-electron chi connectivity index (χ0n) is 20.9. The molecule has 2 aromatic carbocycles. The summed E-state index contributed by atoms with van der Waals surface area (Å²) in [6.07, 6.45) is 1.53. The van der Waals surface area contributed by atoms with Crippen LogP contribution in [0.25, 0.3) is 11.8 Å². The van der Waals surface area contributed by atoms with Gasteiger partial charge in [0.2, 0.25) is 0 Å². The molecule has 0 unspecified atom stereocenters. The highest BCUT2D eigenvalue weighted by Gasteiger charge is 2.36. The number of carboxylic acids is 1. The molecule has 10 heteroatoms. The number of nitrogens with zero attached hydrogens (tertiary/aromatic N) is 2. The molecular formula is C27H25N3O6S. The van der Waals surface area contributed by atoms with Gasteiger partial charge >= 0.3 is 5.97 Å². The number of aromatic carboxylic acids is 1. The first-order valence-electron chi connectivity index (χ1n) is 11.2. The zero-order chi connectivity index (χ0) is 27.0. The molecule has 0 radical (unpaired) electrons. The average Bonchev–Trinajstić information content (AvgIpc) is 3.14. The smallest absolute Gasteiger partial charge is 0.335 e. The number of amides is 2. The van der Waals surface area contributed by atoms with E-state index in [9.17, 15) is 19.5 Å². The third kappa shape index (κ3) is 4.58. The minimum atomic E-state index is -1.00. The van der Waals surface area contributed by atoms with Gasteiger partial charge in [0, 0.05) is 23.1 Å². The van der Waals surface area contributed by atoms with E-state index in [-0.39, 0.29) is 16.2 Å². The molecule has 0 atom stereocenters. The van der Waals surface area contributed by atoms with Gasteiger partial charge in [0.25, 0.3) is 11.8 Å². The van der Waals surface area contributed by atoms with Crippen LogP contribution in [0.3, 0.4) is 0 Å². The number of carbonyl (C=O) groups is 3. The molecule has 37 heavy (non-hydrogen) atoms. The van der Waals surface area contributed by atoms with Crippen LogP contribution in [0.15, 0.2) is 48.0 Å². The van der Waals surface area contributed by atoms with E-state index in [4.69, 9.17) is 21.7 Å². The van der Waals surface area contributed by atoms with Crippen LogP contribution in [0.4, 0.5) is 5.69 Å². The molecule has 2 amide bonds. The summed E-state index contributed by atoms with van der Waals surface area (Å²) in [5, 5.41) is 11.8. The van der Waals surface area contributed by atoms with Crippen LogP contribution in [0, 0.1) is 20.8 Å². The van der Waals surface area contributed by atoms with Crippen molar-refractivity contribution in [3.8, 4) is 17.2 Å². The molecule has 1 fully saturated rings. The average molecular weight is 520 g/mol. The predicted octanol–water partition coefficient (Wildman–Crippen LogP) is 3.95. The number of aromatic nitrogens is 1. The molecule has 0 saturated carbocycles. The molecule has 0 spiro atoms. The van der Waals surface area contributed by atoms with Crippen molar-refractivity contribution in [1.82, 2.24) is 9.88 Å². The van der Waals surface area contributed by atoms with Gasteiger partial charge in [0.1, 0.15) is 17.1 Å². The summed E-state index contributed by atoms with van der Waals surface area (Å²) in [5.41, 5.74) is 4.33. The van der Waals surface area contributed by atoms with Gasteiger partial charge in [-0.15, -0.1) is 0 Å². The molecule has 1 saturated heterocycles. The summed E-state index contributed by atoms with van der Waals surface area (Å²) in [6, 6.07) is 11.7. The minimum Gasteiger partial charge on any atom is -0.497 e. The molecule has 1 aromatic heterocycles. The summed E-state index contributed by atoms with van der Waals surface area (Å²) < 4.78 is 12.6. The number of carbonyl (C=O) groups excluding carboxylic acids is 2. The van der Waals surface area contributed by atoms with E-state index in [1.165, 1.54) is 25.2 Å². The van der Waals surface area contributed by atoms with Gasteiger partial charge < -0.3 is 19.1 Å². The maximum absolute atomic E-state index is 13.6. The van der Waals surface area contributed by atoms with Crippen LogP contribution in [0.1, 0.15) is 32.9 Å². The molecular weight excluding hydrogens is 494 g/mol. The van der Waals surface area contributed by atoms with Crippen molar-refractivity contribution in [1.29, 1.82) is 0 Å². The number of hydrogen-bond acceptors (Lipinski definition) is 6. The van der Waals surface area contributed by atoms with Crippen molar-refractivity contribution >= 4 is 46.9 Å². The first-order valence-corrected chi connectivity index (χ1v) is 11.6. The fourth-order valence-corrected chi connectivity index (χ4v) is 4.62. The molecule has 2 heterocycles. The summed E-state index contributed by atoms with van der Waals surface area (Å²) in [4.78, 5) is 39.0. The third-order valence-electron chi connectivity index (χ3n) is 6.18. The number of thiocarbonyl (C=S) groups is 1. The number of rotatable bonds is 6. The first-order chi connectivity index (χ1) is 17.6. The monoisotopic (exact) mass is 519 g/mol.